The summed E-state index contributed by atoms with van der Waals surface area (Å²) in [5.41, 5.74) is 1.69. The number of fused-ring (bicyclic) bond motifs is 1. The van der Waals surface area contributed by atoms with Gasteiger partial charge in [0.05, 0.1) is 22.2 Å². The van der Waals surface area contributed by atoms with E-state index in [2.05, 4.69) is 12.2 Å². The van der Waals surface area contributed by atoms with Crippen LogP contribution >= 0.6 is 11.8 Å². The molecule has 2 atom stereocenters. The summed E-state index contributed by atoms with van der Waals surface area (Å²) in [7, 11) is 0. The van der Waals surface area contributed by atoms with Crippen LogP contribution in [0.15, 0.2) is 64.5 Å². The molecule has 0 aliphatic carbocycles. The molecule has 0 saturated heterocycles. The van der Waals surface area contributed by atoms with Crippen LogP contribution in [-0.4, -0.2) is 20.7 Å². The fraction of sp³-hybridized carbons (Fsp3) is 0.375. The van der Waals surface area contributed by atoms with E-state index in [4.69, 9.17) is 4.98 Å². The number of aromatic nitrogens is 2. The lowest BCUT2D eigenvalue weighted by Crippen LogP contribution is -2.35. The summed E-state index contributed by atoms with van der Waals surface area (Å²) >= 11 is 1.33. The van der Waals surface area contributed by atoms with E-state index in [0.29, 0.717) is 16.1 Å². The summed E-state index contributed by atoms with van der Waals surface area (Å²) in [6, 6.07) is 17.3. The second kappa shape index (κ2) is 9.94. The Morgan fingerprint density at radius 1 is 1.07 bits per heavy atom. The van der Waals surface area contributed by atoms with E-state index in [9.17, 15) is 9.59 Å². The van der Waals surface area contributed by atoms with Crippen molar-refractivity contribution in [3.05, 3.63) is 70.5 Å². The highest BCUT2D eigenvalue weighted by atomic mass is 32.2. The van der Waals surface area contributed by atoms with Crippen LogP contribution in [0.4, 0.5) is 0 Å². The molecule has 0 saturated carbocycles. The van der Waals surface area contributed by atoms with Crippen molar-refractivity contribution in [2.75, 3.05) is 0 Å². The monoisotopic (exact) mass is 423 g/mol. The molecular formula is C24H29N3O2S. The Balaban J connectivity index is 1.85. The average Bonchev–Trinajstić information content (AvgIpc) is 2.73. The van der Waals surface area contributed by atoms with Crippen molar-refractivity contribution < 1.29 is 4.79 Å². The van der Waals surface area contributed by atoms with Crippen molar-refractivity contribution in [2.24, 2.45) is 0 Å². The molecular weight excluding hydrogens is 394 g/mol. The maximum atomic E-state index is 13.0. The molecule has 158 valence electrons. The molecule has 2 aromatic carbocycles. The fourth-order valence-electron chi connectivity index (χ4n) is 3.46. The van der Waals surface area contributed by atoms with Gasteiger partial charge in [-0.3, -0.25) is 14.2 Å². The highest BCUT2D eigenvalue weighted by Crippen LogP contribution is 2.26. The van der Waals surface area contributed by atoms with Gasteiger partial charge in [0.15, 0.2) is 5.16 Å². The lowest BCUT2D eigenvalue weighted by molar-refractivity contribution is -0.121. The van der Waals surface area contributed by atoms with Gasteiger partial charge in [-0.15, -0.1) is 0 Å². The third-order valence-electron chi connectivity index (χ3n) is 5.04. The molecule has 0 aliphatic heterocycles. The Labute approximate surface area is 181 Å². The summed E-state index contributed by atoms with van der Waals surface area (Å²) in [4.78, 5) is 30.7. The number of thioether (sulfide) groups is 1. The van der Waals surface area contributed by atoms with Crippen LogP contribution in [0.2, 0.25) is 0 Å². The molecule has 3 rings (SSSR count). The average molecular weight is 424 g/mol. The second-order valence-corrected chi connectivity index (χ2v) is 9.01. The maximum Gasteiger partial charge on any atom is 0.262 e. The zero-order valence-electron chi connectivity index (χ0n) is 18.0. The van der Waals surface area contributed by atoms with Crippen LogP contribution in [0.5, 0.6) is 0 Å². The number of carbonyl (C=O) groups is 1. The van der Waals surface area contributed by atoms with Gasteiger partial charge in [0.1, 0.15) is 0 Å². The van der Waals surface area contributed by atoms with Crippen molar-refractivity contribution in [3.63, 3.8) is 0 Å². The van der Waals surface area contributed by atoms with E-state index < -0.39 is 0 Å². The minimum absolute atomic E-state index is 0.0244. The molecule has 5 nitrogen and oxygen atoms in total. The predicted molar refractivity (Wildman–Crippen MR) is 124 cm³/mol. The topological polar surface area (TPSA) is 64.0 Å². The van der Waals surface area contributed by atoms with Gasteiger partial charge < -0.3 is 5.32 Å². The van der Waals surface area contributed by atoms with E-state index >= 15 is 0 Å². The first-order valence-corrected chi connectivity index (χ1v) is 11.3. The van der Waals surface area contributed by atoms with Gasteiger partial charge >= 0.3 is 0 Å². The normalized spacial score (nSPS) is 13.4. The molecule has 0 spiro atoms. The van der Waals surface area contributed by atoms with E-state index in [1.807, 2.05) is 69.3 Å². The van der Waals surface area contributed by atoms with Crippen molar-refractivity contribution in [1.82, 2.24) is 14.9 Å². The van der Waals surface area contributed by atoms with E-state index in [-0.39, 0.29) is 28.8 Å². The lowest BCUT2D eigenvalue weighted by atomic mass is 10.0. The highest BCUT2D eigenvalue weighted by molar-refractivity contribution is 8.00. The number of hydrogen-bond donors (Lipinski definition) is 1. The molecule has 0 radical (unpaired) electrons. The van der Waals surface area contributed by atoms with Crippen LogP contribution in [0.3, 0.4) is 0 Å². The van der Waals surface area contributed by atoms with Crippen molar-refractivity contribution in [1.29, 1.82) is 0 Å². The SMILES string of the molecule is CCC[C@H](NC(=O)[C@H](C)Sc1nc2ccccc2c(=O)n1C(C)C)c1ccccc1. The molecule has 1 N–H and O–H groups in total. The lowest BCUT2D eigenvalue weighted by Gasteiger charge is -2.22. The van der Waals surface area contributed by atoms with E-state index in [0.717, 1.165) is 18.4 Å². The number of amides is 1. The largest absolute Gasteiger partial charge is 0.348 e. The van der Waals surface area contributed by atoms with Gasteiger partial charge in [-0.2, -0.15) is 0 Å². The Morgan fingerprint density at radius 3 is 2.40 bits per heavy atom. The molecule has 1 heterocycles. The number of carbonyl (C=O) groups excluding carboxylic acids is 1. The van der Waals surface area contributed by atoms with Crippen LogP contribution in [0.1, 0.15) is 58.2 Å². The third-order valence-corrected chi connectivity index (χ3v) is 6.11. The first kappa shape index (κ1) is 22.1. The molecule has 0 bridgehead atoms. The summed E-state index contributed by atoms with van der Waals surface area (Å²) in [6.45, 7) is 7.89. The first-order valence-electron chi connectivity index (χ1n) is 10.5. The van der Waals surface area contributed by atoms with E-state index in [1.54, 1.807) is 10.6 Å². The van der Waals surface area contributed by atoms with Crippen LogP contribution in [0.25, 0.3) is 10.9 Å². The first-order chi connectivity index (χ1) is 14.4. The summed E-state index contributed by atoms with van der Waals surface area (Å²) < 4.78 is 1.68. The molecule has 30 heavy (non-hydrogen) atoms. The summed E-state index contributed by atoms with van der Waals surface area (Å²) in [5.74, 6) is -0.0555. The number of nitrogens with zero attached hydrogens (tertiary/aromatic N) is 2. The van der Waals surface area contributed by atoms with Gasteiger partial charge in [-0.05, 0) is 44.9 Å². The molecule has 6 heteroatoms. The molecule has 1 aromatic heterocycles. The van der Waals surface area contributed by atoms with Gasteiger partial charge in [0.2, 0.25) is 5.91 Å². The fourth-order valence-corrected chi connectivity index (χ4v) is 4.51. The summed E-state index contributed by atoms with van der Waals surface area (Å²) in [6.07, 6.45) is 1.85. The molecule has 3 aromatic rings. The number of nitrogens with one attached hydrogen (secondary N) is 1. The second-order valence-electron chi connectivity index (χ2n) is 7.70. The number of rotatable bonds is 8. The smallest absolute Gasteiger partial charge is 0.262 e. The highest BCUT2D eigenvalue weighted by Gasteiger charge is 2.23. The van der Waals surface area contributed by atoms with Crippen molar-refractivity contribution in [2.45, 2.75) is 63.0 Å². The maximum absolute atomic E-state index is 13.0. The van der Waals surface area contributed by atoms with Crippen molar-refractivity contribution in [3.8, 4) is 0 Å². The standard InChI is InChI=1S/C24H29N3O2S/c1-5-11-20(18-12-7-6-8-13-18)25-22(28)17(4)30-24-26-21-15-10-9-14-19(21)23(29)27(24)16(2)3/h6-10,12-17,20H,5,11H2,1-4H3,(H,25,28)/t17-,20-/m0/s1. The molecule has 0 aliphatic rings. The zero-order valence-corrected chi connectivity index (χ0v) is 18.8. The minimum Gasteiger partial charge on any atom is -0.348 e. The van der Waals surface area contributed by atoms with E-state index in [1.165, 1.54) is 11.8 Å². The van der Waals surface area contributed by atoms with Gasteiger partial charge in [-0.25, -0.2) is 4.98 Å². The van der Waals surface area contributed by atoms with Crippen LogP contribution < -0.4 is 10.9 Å². The summed E-state index contributed by atoms with van der Waals surface area (Å²) in [5, 5.41) is 3.97. The van der Waals surface area contributed by atoms with Crippen LogP contribution in [-0.2, 0) is 4.79 Å². The quantitative estimate of drug-likeness (QED) is 0.404. The Kier molecular flexibility index (Phi) is 7.32. The van der Waals surface area contributed by atoms with Gasteiger partial charge in [0, 0.05) is 6.04 Å². The van der Waals surface area contributed by atoms with Gasteiger partial charge in [-0.1, -0.05) is 67.6 Å². The molecule has 0 fully saturated rings. The molecule has 1 amide bonds. The van der Waals surface area contributed by atoms with Gasteiger partial charge in [0.25, 0.3) is 5.56 Å². The Hall–Kier alpha value is -2.60. The minimum atomic E-state index is -0.383. The predicted octanol–water partition coefficient (Wildman–Crippen LogP) is 5.12. The Morgan fingerprint density at radius 2 is 1.73 bits per heavy atom. The third kappa shape index (κ3) is 4.93. The number of benzene rings is 2. The molecule has 0 unspecified atom stereocenters. The van der Waals surface area contributed by atoms with Crippen molar-refractivity contribution >= 4 is 28.6 Å². The number of para-hydroxylation sites is 1. The zero-order chi connectivity index (χ0) is 21.7. The van der Waals surface area contributed by atoms with Crippen LogP contribution in [0, 0.1) is 0 Å². The number of hydrogen-bond acceptors (Lipinski definition) is 4. The Bertz CT molecular complexity index is 1060.